The van der Waals surface area contributed by atoms with Gasteiger partial charge in [-0.15, -0.1) is 0 Å². The molecular formula is C20H26FN5O. The van der Waals surface area contributed by atoms with Gasteiger partial charge in [-0.25, -0.2) is 19.2 Å². The summed E-state index contributed by atoms with van der Waals surface area (Å²) in [4.78, 5) is 25.5. The van der Waals surface area contributed by atoms with Crippen LogP contribution in [0.3, 0.4) is 0 Å². The molecule has 1 aromatic heterocycles. The normalized spacial score (nSPS) is 14.6. The summed E-state index contributed by atoms with van der Waals surface area (Å²) in [6, 6.07) is 6.48. The number of carbonyl (C=O) groups is 1. The minimum atomic E-state index is -0.417. The standard InChI is InChI=1S/C20H26FN5O/c1-13(2)19-22-15(4)12-18(24-19)25-7-9-26(10-8-25)20(27)23-17-6-5-14(3)11-16(17)21/h5-6,11-13H,7-10H2,1-4H3,(H,23,27). The summed E-state index contributed by atoms with van der Waals surface area (Å²) in [5.41, 5.74) is 1.97. The average molecular weight is 371 g/mol. The van der Waals surface area contributed by atoms with E-state index in [-0.39, 0.29) is 17.6 Å². The molecule has 2 aromatic rings. The van der Waals surface area contributed by atoms with Crippen molar-refractivity contribution >= 4 is 17.5 Å². The van der Waals surface area contributed by atoms with Gasteiger partial charge in [0, 0.05) is 43.9 Å². The van der Waals surface area contributed by atoms with Crippen LogP contribution in [-0.4, -0.2) is 47.1 Å². The van der Waals surface area contributed by atoms with Crippen molar-refractivity contribution in [2.75, 3.05) is 36.4 Å². The smallest absolute Gasteiger partial charge is 0.322 e. The Balaban J connectivity index is 1.62. The molecule has 2 amide bonds. The molecule has 3 rings (SSSR count). The molecular weight excluding hydrogens is 345 g/mol. The Bertz CT molecular complexity index is 831. The Labute approximate surface area is 159 Å². The molecule has 1 N–H and O–H groups in total. The van der Waals surface area contributed by atoms with Crippen LogP contribution in [0.15, 0.2) is 24.3 Å². The van der Waals surface area contributed by atoms with Gasteiger partial charge in [0.25, 0.3) is 0 Å². The van der Waals surface area contributed by atoms with Crippen molar-refractivity contribution in [1.82, 2.24) is 14.9 Å². The van der Waals surface area contributed by atoms with Gasteiger partial charge in [-0.3, -0.25) is 0 Å². The largest absolute Gasteiger partial charge is 0.353 e. The summed E-state index contributed by atoms with van der Waals surface area (Å²) >= 11 is 0. The number of rotatable bonds is 3. The highest BCUT2D eigenvalue weighted by atomic mass is 19.1. The maximum Gasteiger partial charge on any atom is 0.322 e. The van der Waals surface area contributed by atoms with Crippen molar-refractivity contribution in [2.45, 2.75) is 33.6 Å². The van der Waals surface area contributed by atoms with Gasteiger partial charge in [0.15, 0.2) is 0 Å². The lowest BCUT2D eigenvalue weighted by atomic mass is 10.2. The van der Waals surface area contributed by atoms with Crippen molar-refractivity contribution in [3.63, 3.8) is 0 Å². The SMILES string of the molecule is Cc1ccc(NC(=O)N2CCN(c3cc(C)nc(C(C)C)n3)CC2)c(F)c1. The van der Waals surface area contributed by atoms with E-state index in [9.17, 15) is 9.18 Å². The first kappa shape index (κ1) is 19.1. The summed E-state index contributed by atoms with van der Waals surface area (Å²) in [5.74, 6) is 1.58. The van der Waals surface area contributed by atoms with E-state index >= 15 is 0 Å². The second-order valence-electron chi connectivity index (χ2n) is 7.27. The Hall–Kier alpha value is -2.70. The topological polar surface area (TPSA) is 61.4 Å². The second kappa shape index (κ2) is 7.90. The van der Waals surface area contributed by atoms with E-state index in [1.165, 1.54) is 6.07 Å². The fourth-order valence-electron chi connectivity index (χ4n) is 3.05. The Morgan fingerprint density at radius 1 is 1.11 bits per heavy atom. The molecule has 1 aliphatic rings. The molecule has 0 saturated carbocycles. The number of benzene rings is 1. The molecule has 1 aromatic carbocycles. The van der Waals surface area contributed by atoms with Gasteiger partial charge in [-0.2, -0.15) is 0 Å². The average Bonchev–Trinajstić information content (AvgIpc) is 2.63. The lowest BCUT2D eigenvalue weighted by Gasteiger charge is -2.35. The van der Waals surface area contributed by atoms with E-state index in [1.54, 1.807) is 17.0 Å². The minimum absolute atomic E-state index is 0.209. The third-order valence-corrected chi connectivity index (χ3v) is 4.63. The van der Waals surface area contributed by atoms with Crippen molar-refractivity contribution in [3.8, 4) is 0 Å². The third-order valence-electron chi connectivity index (χ3n) is 4.63. The first-order valence-corrected chi connectivity index (χ1v) is 9.26. The number of nitrogens with one attached hydrogen (secondary N) is 1. The number of piperazine rings is 1. The molecule has 0 spiro atoms. The van der Waals surface area contributed by atoms with E-state index in [1.807, 2.05) is 19.9 Å². The van der Waals surface area contributed by atoms with Crippen LogP contribution in [0.5, 0.6) is 0 Å². The highest BCUT2D eigenvalue weighted by Gasteiger charge is 2.23. The number of aryl methyl sites for hydroxylation is 2. The van der Waals surface area contributed by atoms with Crippen molar-refractivity contribution in [2.24, 2.45) is 0 Å². The molecule has 1 fully saturated rings. The number of hydrogen-bond acceptors (Lipinski definition) is 4. The number of amides is 2. The lowest BCUT2D eigenvalue weighted by molar-refractivity contribution is 0.208. The van der Waals surface area contributed by atoms with Gasteiger partial charge in [-0.1, -0.05) is 19.9 Å². The van der Waals surface area contributed by atoms with Gasteiger partial charge >= 0.3 is 6.03 Å². The van der Waals surface area contributed by atoms with Gasteiger partial charge in [0.2, 0.25) is 0 Å². The minimum Gasteiger partial charge on any atom is -0.353 e. The maximum atomic E-state index is 13.9. The highest BCUT2D eigenvalue weighted by molar-refractivity contribution is 5.89. The zero-order valence-corrected chi connectivity index (χ0v) is 16.3. The van der Waals surface area contributed by atoms with Crippen LogP contribution in [0.25, 0.3) is 0 Å². The first-order chi connectivity index (χ1) is 12.8. The number of halogens is 1. The summed E-state index contributed by atoms with van der Waals surface area (Å²) in [6.45, 7) is 10.4. The van der Waals surface area contributed by atoms with Crippen LogP contribution in [-0.2, 0) is 0 Å². The molecule has 0 radical (unpaired) electrons. The molecule has 0 aliphatic carbocycles. The molecule has 6 nitrogen and oxygen atoms in total. The van der Waals surface area contributed by atoms with Crippen molar-refractivity contribution in [1.29, 1.82) is 0 Å². The fraction of sp³-hybridized carbons (Fsp3) is 0.450. The molecule has 1 saturated heterocycles. The zero-order valence-electron chi connectivity index (χ0n) is 16.3. The van der Waals surface area contributed by atoms with Gasteiger partial charge in [0.05, 0.1) is 5.69 Å². The summed E-state index contributed by atoms with van der Waals surface area (Å²) in [5, 5.41) is 2.66. The third kappa shape index (κ3) is 4.53. The molecule has 0 atom stereocenters. The van der Waals surface area contributed by atoms with Crippen LogP contribution in [0.4, 0.5) is 20.7 Å². The number of anilines is 2. The van der Waals surface area contributed by atoms with Crippen molar-refractivity contribution < 1.29 is 9.18 Å². The van der Waals surface area contributed by atoms with E-state index < -0.39 is 5.82 Å². The summed E-state index contributed by atoms with van der Waals surface area (Å²) < 4.78 is 13.9. The van der Waals surface area contributed by atoms with E-state index in [4.69, 9.17) is 0 Å². The second-order valence-corrected chi connectivity index (χ2v) is 7.27. The fourth-order valence-corrected chi connectivity index (χ4v) is 3.05. The Kier molecular flexibility index (Phi) is 5.58. The van der Waals surface area contributed by atoms with E-state index in [0.717, 1.165) is 22.9 Å². The van der Waals surface area contributed by atoms with Gasteiger partial charge < -0.3 is 15.1 Å². The molecule has 7 heteroatoms. The molecule has 0 unspecified atom stereocenters. The van der Waals surface area contributed by atoms with Gasteiger partial charge in [0.1, 0.15) is 17.5 Å². The predicted octanol–water partition coefficient (Wildman–Crippen LogP) is 3.71. The quantitative estimate of drug-likeness (QED) is 0.893. The maximum absolute atomic E-state index is 13.9. The molecule has 2 heterocycles. The molecule has 1 aliphatic heterocycles. The predicted molar refractivity (Wildman–Crippen MR) is 105 cm³/mol. The zero-order chi connectivity index (χ0) is 19.6. The van der Waals surface area contributed by atoms with Gasteiger partial charge in [-0.05, 0) is 31.5 Å². The Morgan fingerprint density at radius 3 is 2.44 bits per heavy atom. The van der Waals surface area contributed by atoms with Crippen LogP contribution < -0.4 is 10.2 Å². The number of nitrogens with zero attached hydrogens (tertiary/aromatic N) is 4. The number of carbonyl (C=O) groups excluding carboxylic acids is 1. The van der Waals surface area contributed by atoms with Crippen LogP contribution in [0, 0.1) is 19.7 Å². The number of urea groups is 1. The lowest BCUT2D eigenvalue weighted by Crippen LogP contribution is -2.50. The monoisotopic (exact) mass is 371 g/mol. The first-order valence-electron chi connectivity index (χ1n) is 9.26. The molecule has 144 valence electrons. The van der Waals surface area contributed by atoms with E-state index in [0.29, 0.717) is 26.2 Å². The van der Waals surface area contributed by atoms with E-state index in [2.05, 4.69) is 34.0 Å². The number of aromatic nitrogens is 2. The van der Waals surface area contributed by atoms with Crippen LogP contribution in [0.2, 0.25) is 0 Å². The Morgan fingerprint density at radius 2 is 1.81 bits per heavy atom. The van der Waals surface area contributed by atoms with Crippen molar-refractivity contribution in [3.05, 3.63) is 47.2 Å². The molecule has 27 heavy (non-hydrogen) atoms. The highest BCUT2D eigenvalue weighted by Crippen LogP contribution is 2.20. The number of hydrogen-bond donors (Lipinski definition) is 1. The van der Waals surface area contributed by atoms with Crippen LogP contribution >= 0.6 is 0 Å². The summed E-state index contributed by atoms with van der Waals surface area (Å²) in [6.07, 6.45) is 0. The van der Waals surface area contributed by atoms with Crippen LogP contribution in [0.1, 0.15) is 36.8 Å². The summed E-state index contributed by atoms with van der Waals surface area (Å²) in [7, 11) is 0. The molecule has 0 bridgehead atoms.